The Morgan fingerprint density at radius 3 is 2.85 bits per heavy atom. The fraction of sp³-hybridized carbons (Fsp3) is 0.875. The normalized spacial score (nSPS) is 27.1. The molecule has 114 valence electrons. The smallest absolute Gasteiger partial charge is 0.138 e. The topological polar surface area (TPSA) is 42.7 Å². The number of rotatable bonds is 6. The summed E-state index contributed by atoms with van der Waals surface area (Å²) in [5, 5.41) is 7.89. The summed E-state index contributed by atoms with van der Waals surface area (Å²) in [7, 11) is 2.10. The second-order valence-electron chi connectivity index (χ2n) is 6.54. The molecule has 1 heterocycles. The maximum absolute atomic E-state index is 4.50. The van der Waals surface area contributed by atoms with Gasteiger partial charge in [-0.25, -0.2) is 9.67 Å². The maximum Gasteiger partial charge on any atom is 0.138 e. The number of hydrogen-bond donors (Lipinski definition) is 1. The van der Waals surface area contributed by atoms with Gasteiger partial charge in [0.2, 0.25) is 0 Å². The van der Waals surface area contributed by atoms with E-state index in [0.717, 1.165) is 18.2 Å². The Labute approximate surface area is 123 Å². The largest absolute Gasteiger partial charge is 0.317 e. The first kappa shape index (κ1) is 15.5. The van der Waals surface area contributed by atoms with Crippen LogP contribution < -0.4 is 5.32 Å². The summed E-state index contributed by atoms with van der Waals surface area (Å²) in [6.45, 7) is 6.65. The summed E-state index contributed by atoms with van der Waals surface area (Å²) in [5.74, 6) is 2.76. The van der Waals surface area contributed by atoms with Crippen molar-refractivity contribution in [3.05, 3.63) is 12.2 Å². The molecule has 20 heavy (non-hydrogen) atoms. The van der Waals surface area contributed by atoms with Crippen LogP contribution in [0.4, 0.5) is 0 Å². The van der Waals surface area contributed by atoms with Crippen molar-refractivity contribution in [2.24, 2.45) is 11.8 Å². The molecule has 0 radical (unpaired) electrons. The first-order valence-electron chi connectivity index (χ1n) is 8.21. The molecule has 0 saturated heterocycles. The molecule has 1 aliphatic carbocycles. The Hall–Kier alpha value is -0.900. The van der Waals surface area contributed by atoms with Crippen LogP contribution in [0.3, 0.4) is 0 Å². The van der Waals surface area contributed by atoms with E-state index in [1.54, 1.807) is 6.33 Å². The molecule has 4 heteroatoms. The second-order valence-corrected chi connectivity index (χ2v) is 6.54. The Morgan fingerprint density at radius 2 is 2.20 bits per heavy atom. The van der Waals surface area contributed by atoms with E-state index in [0.29, 0.717) is 18.0 Å². The molecule has 0 aromatic carbocycles. The highest BCUT2D eigenvalue weighted by Gasteiger charge is 2.30. The molecule has 0 aliphatic heterocycles. The minimum absolute atomic E-state index is 0.399. The molecule has 2 rings (SSSR count). The Morgan fingerprint density at radius 1 is 1.40 bits per heavy atom. The number of hydrogen-bond acceptors (Lipinski definition) is 3. The zero-order chi connectivity index (χ0) is 14.5. The Kier molecular flexibility index (Phi) is 5.58. The molecule has 0 amide bonds. The van der Waals surface area contributed by atoms with Gasteiger partial charge in [0.05, 0.1) is 0 Å². The molecule has 1 aromatic heterocycles. The van der Waals surface area contributed by atoms with Crippen molar-refractivity contribution in [1.82, 2.24) is 20.1 Å². The third kappa shape index (κ3) is 3.60. The summed E-state index contributed by atoms with van der Waals surface area (Å²) in [4.78, 5) is 4.50. The van der Waals surface area contributed by atoms with Crippen LogP contribution in [0.15, 0.2) is 6.33 Å². The van der Waals surface area contributed by atoms with Crippen LogP contribution in [-0.2, 0) is 6.42 Å². The highest BCUT2D eigenvalue weighted by atomic mass is 15.3. The zero-order valence-corrected chi connectivity index (χ0v) is 13.5. The van der Waals surface area contributed by atoms with Crippen LogP contribution in [0.25, 0.3) is 0 Å². The molecule has 1 fully saturated rings. The van der Waals surface area contributed by atoms with E-state index in [1.807, 2.05) is 0 Å². The van der Waals surface area contributed by atoms with Crippen LogP contribution in [-0.4, -0.2) is 27.9 Å². The predicted octanol–water partition coefficient (Wildman–Crippen LogP) is 3.21. The van der Waals surface area contributed by atoms with Gasteiger partial charge < -0.3 is 5.32 Å². The summed E-state index contributed by atoms with van der Waals surface area (Å²) in [5.41, 5.74) is 0. The molecule has 3 atom stereocenters. The average Bonchev–Trinajstić information content (AvgIpc) is 2.88. The number of nitrogens with one attached hydrogen (secondary N) is 1. The zero-order valence-electron chi connectivity index (χ0n) is 13.5. The first-order valence-corrected chi connectivity index (χ1v) is 8.21. The van der Waals surface area contributed by atoms with E-state index in [-0.39, 0.29) is 0 Å². The standard InChI is InChI=1S/C16H30N4/c1-5-6-13-7-8-15(17-4)14(9-13)10-16-18-11-19-20(16)12(2)3/h11-15,17H,5-10H2,1-4H3. The van der Waals surface area contributed by atoms with Gasteiger partial charge in [-0.15, -0.1) is 0 Å². The van der Waals surface area contributed by atoms with Gasteiger partial charge in [-0.1, -0.05) is 19.8 Å². The van der Waals surface area contributed by atoms with Gasteiger partial charge in [0, 0.05) is 18.5 Å². The fourth-order valence-electron chi connectivity index (χ4n) is 3.72. The SMILES string of the molecule is CCCC1CCC(NC)C(Cc2ncnn2C(C)C)C1. The monoisotopic (exact) mass is 278 g/mol. The summed E-state index contributed by atoms with van der Waals surface area (Å²) in [6.07, 6.45) is 9.48. The van der Waals surface area contributed by atoms with Crippen molar-refractivity contribution in [2.75, 3.05) is 7.05 Å². The van der Waals surface area contributed by atoms with E-state index >= 15 is 0 Å². The lowest BCUT2D eigenvalue weighted by Gasteiger charge is -2.36. The number of aromatic nitrogens is 3. The van der Waals surface area contributed by atoms with Gasteiger partial charge in [-0.3, -0.25) is 0 Å². The van der Waals surface area contributed by atoms with Crippen LogP contribution in [0, 0.1) is 11.8 Å². The maximum atomic E-state index is 4.50. The van der Waals surface area contributed by atoms with Crippen LogP contribution in [0.2, 0.25) is 0 Å². The van der Waals surface area contributed by atoms with Gasteiger partial charge in [-0.05, 0) is 52.0 Å². The minimum Gasteiger partial charge on any atom is -0.317 e. The number of nitrogens with zero attached hydrogens (tertiary/aromatic N) is 3. The Balaban J connectivity index is 2.05. The third-order valence-corrected chi connectivity index (χ3v) is 4.74. The highest BCUT2D eigenvalue weighted by Crippen LogP contribution is 2.34. The first-order chi connectivity index (χ1) is 9.65. The van der Waals surface area contributed by atoms with E-state index in [9.17, 15) is 0 Å². The van der Waals surface area contributed by atoms with Gasteiger partial charge in [0.25, 0.3) is 0 Å². The van der Waals surface area contributed by atoms with Crippen molar-refractivity contribution in [3.8, 4) is 0 Å². The molecule has 3 unspecified atom stereocenters. The van der Waals surface area contributed by atoms with Gasteiger partial charge >= 0.3 is 0 Å². The van der Waals surface area contributed by atoms with Crippen LogP contribution >= 0.6 is 0 Å². The molecular weight excluding hydrogens is 248 g/mol. The summed E-state index contributed by atoms with van der Waals surface area (Å²) in [6, 6.07) is 1.04. The van der Waals surface area contributed by atoms with E-state index in [4.69, 9.17) is 0 Å². The molecule has 4 nitrogen and oxygen atoms in total. The predicted molar refractivity (Wildman–Crippen MR) is 82.7 cm³/mol. The quantitative estimate of drug-likeness (QED) is 0.869. The molecule has 1 saturated carbocycles. The van der Waals surface area contributed by atoms with E-state index in [1.165, 1.54) is 32.1 Å². The fourth-order valence-corrected chi connectivity index (χ4v) is 3.72. The third-order valence-electron chi connectivity index (χ3n) is 4.74. The van der Waals surface area contributed by atoms with Crippen LogP contribution in [0.1, 0.15) is 64.7 Å². The molecule has 0 bridgehead atoms. The van der Waals surface area contributed by atoms with Crippen molar-refractivity contribution in [3.63, 3.8) is 0 Å². The molecule has 0 spiro atoms. The van der Waals surface area contributed by atoms with Gasteiger partial charge in [-0.2, -0.15) is 5.10 Å². The lowest BCUT2D eigenvalue weighted by Crippen LogP contribution is -2.40. The average molecular weight is 278 g/mol. The van der Waals surface area contributed by atoms with E-state index in [2.05, 4.69) is 47.9 Å². The van der Waals surface area contributed by atoms with Gasteiger partial charge in [0.1, 0.15) is 12.2 Å². The Bertz CT molecular complexity index is 399. The van der Waals surface area contributed by atoms with Crippen LogP contribution in [0.5, 0.6) is 0 Å². The van der Waals surface area contributed by atoms with Crippen molar-refractivity contribution in [1.29, 1.82) is 0 Å². The summed E-state index contributed by atoms with van der Waals surface area (Å²) >= 11 is 0. The molecule has 1 aromatic rings. The lowest BCUT2D eigenvalue weighted by molar-refractivity contribution is 0.196. The summed E-state index contributed by atoms with van der Waals surface area (Å²) < 4.78 is 2.08. The van der Waals surface area contributed by atoms with Crippen molar-refractivity contribution in [2.45, 2.75) is 71.4 Å². The van der Waals surface area contributed by atoms with Gasteiger partial charge in [0.15, 0.2) is 0 Å². The van der Waals surface area contributed by atoms with Crippen molar-refractivity contribution < 1.29 is 0 Å². The lowest BCUT2D eigenvalue weighted by atomic mass is 9.75. The molecule has 1 aliphatic rings. The second kappa shape index (κ2) is 7.21. The van der Waals surface area contributed by atoms with E-state index < -0.39 is 0 Å². The molecular formula is C16H30N4. The van der Waals surface area contributed by atoms with Crippen molar-refractivity contribution >= 4 is 0 Å². The highest BCUT2D eigenvalue weighted by molar-refractivity contribution is 4.94. The minimum atomic E-state index is 0.399. The molecule has 1 N–H and O–H groups in total.